The van der Waals surface area contributed by atoms with E-state index in [1.54, 1.807) is 23.6 Å². The van der Waals surface area contributed by atoms with Gasteiger partial charge in [0.1, 0.15) is 5.82 Å². The summed E-state index contributed by atoms with van der Waals surface area (Å²) in [6.07, 6.45) is 4.87. The topological polar surface area (TPSA) is 83.8 Å². The molecule has 0 atom stereocenters. The first kappa shape index (κ1) is 11.4. The standard InChI is InChI=1S/C11H12N4OS/c12-11-8(7-14-15-11)6-13-10(16)4-3-9-2-1-5-17-9/h1-5,7H,6H2,(H,13,16)(H3,12,14,15). The van der Waals surface area contributed by atoms with E-state index < -0.39 is 0 Å². The van der Waals surface area contributed by atoms with Gasteiger partial charge in [-0.15, -0.1) is 11.3 Å². The minimum Gasteiger partial charge on any atom is -0.384 e. The number of carbonyl (C=O) groups is 1. The average Bonchev–Trinajstić information content (AvgIpc) is 2.95. The summed E-state index contributed by atoms with van der Waals surface area (Å²) in [5, 5.41) is 11.1. The summed E-state index contributed by atoms with van der Waals surface area (Å²) in [6.45, 7) is 0.371. The Balaban J connectivity index is 1.84. The van der Waals surface area contributed by atoms with Crippen LogP contribution in [-0.4, -0.2) is 16.1 Å². The van der Waals surface area contributed by atoms with Crippen molar-refractivity contribution in [2.45, 2.75) is 6.54 Å². The van der Waals surface area contributed by atoms with Crippen LogP contribution in [0, 0.1) is 0 Å². The molecule has 88 valence electrons. The lowest BCUT2D eigenvalue weighted by Gasteiger charge is -1.99. The van der Waals surface area contributed by atoms with Crippen molar-refractivity contribution in [3.63, 3.8) is 0 Å². The third kappa shape index (κ3) is 3.18. The van der Waals surface area contributed by atoms with Crippen molar-refractivity contribution >= 4 is 29.1 Å². The van der Waals surface area contributed by atoms with Crippen molar-refractivity contribution in [1.29, 1.82) is 0 Å². The van der Waals surface area contributed by atoms with E-state index in [4.69, 9.17) is 5.73 Å². The molecule has 17 heavy (non-hydrogen) atoms. The highest BCUT2D eigenvalue weighted by atomic mass is 32.1. The van der Waals surface area contributed by atoms with Gasteiger partial charge >= 0.3 is 0 Å². The Kier molecular flexibility index (Phi) is 3.56. The van der Waals surface area contributed by atoms with Crippen LogP contribution >= 0.6 is 11.3 Å². The van der Waals surface area contributed by atoms with E-state index in [1.807, 2.05) is 17.5 Å². The van der Waals surface area contributed by atoms with E-state index in [2.05, 4.69) is 15.5 Å². The van der Waals surface area contributed by atoms with Crippen molar-refractivity contribution < 1.29 is 4.79 Å². The smallest absolute Gasteiger partial charge is 0.244 e. The zero-order valence-electron chi connectivity index (χ0n) is 9.01. The second kappa shape index (κ2) is 5.31. The molecule has 0 saturated carbocycles. The zero-order valence-corrected chi connectivity index (χ0v) is 9.83. The van der Waals surface area contributed by atoms with Gasteiger partial charge in [-0.25, -0.2) is 0 Å². The lowest BCUT2D eigenvalue weighted by atomic mass is 10.3. The Morgan fingerprint density at radius 1 is 1.65 bits per heavy atom. The number of rotatable bonds is 4. The molecule has 5 nitrogen and oxygen atoms in total. The molecule has 2 heterocycles. The highest BCUT2D eigenvalue weighted by molar-refractivity contribution is 7.10. The van der Waals surface area contributed by atoms with Crippen LogP contribution in [0.5, 0.6) is 0 Å². The van der Waals surface area contributed by atoms with Crippen molar-refractivity contribution in [3.8, 4) is 0 Å². The van der Waals surface area contributed by atoms with Gasteiger partial charge in [0.25, 0.3) is 0 Å². The molecule has 1 amide bonds. The predicted octanol–water partition coefficient (Wildman–Crippen LogP) is 1.38. The number of nitrogens with two attached hydrogens (primary N) is 1. The van der Waals surface area contributed by atoms with Gasteiger partial charge in [-0.05, 0) is 17.5 Å². The summed E-state index contributed by atoms with van der Waals surface area (Å²) in [6, 6.07) is 3.89. The van der Waals surface area contributed by atoms with E-state index in [0.29, 0.717) is 12.4 Å². The zero-order chi connectivity index (χ0) is 12.1. The molecule has 2 aromatic heterocycles. The first-order chi connectivity index (χ1) is 8.25. The molecular weight excluding hydrogens is 236 g/mol. The van der Waals surface area contributed by atoms with Crippen LogP contribution in [0.25, 0.3) is 6.08 Å². The third-order valence-corrected chi connectivity index (χ3v) is 2.98. The van der Waals surface area contributed by atoms with E-state index in [1.165, 1.54) is 6.08 Å². The summed E-state index contributed by atoms with van der Waals surface area (Å²) in [5.74, 6) is 0.325. The van der Waals surface area contributed by atoms with Crippen LogP contribution in [0.3, 0.4) is 0 Å². The van der Waals surface area contributed by atoms with Gasteiger partial charge in [-0.3, -0.25) is 9.89 Å². The number of aromatic nitrogens is 2. The Labute approximate surface area is 102 Å². The fraction of sp³-hybridized carbons (Fsp3) is 0.0909. The van der Waals surface area contributed by atoms with Gasteiger partial charge in [0.15, 0.2) is 0 Å². The van der Waals surface area contributed by atoms with E-state index in [9.17, 15) is 4.79 Å². The lowest BCUT2D eigenvalue weighted by molar-refractivity contribution is -0.116. The Morgan fingerprint density at radius 3 is 3.18 bits per heavy atom. The molecule has 0 fully saturated rings. The predicted molar refractivity (Wildman–Crippen MR) is 68.2 cm³/mol. The molecule has 0 saturated heterocycles. The largest absolute Gasteiger partial charge is 0.384 e. The Bertz CT molecular complexity index is 515. The molecular formula is C11H12N4OS. The average molecular weight is 248 g/mol. The van der Waals surface area contributed by atoms with Gasteiger partial charge in [-0.1, -0.05) is 6.07 Å². The molecule has 0 aliphatic carbocycles. The van der Waals surface area contributed by atoms with Crippen molar-refractivity contribution in [1.82, 2.24) is 15.5 Å². The Hall–Kier alpha value is -2.08. The number of carbonyl (C=O) groups excluding carboxylic acids is 1. The second-order valence-electron chi connectivity index (χ2n) is 3.38. The number of hydrogen-bond donors (Lipinski definition) is 3. The fourth-order valence-corrected chi connectivity index (χ4v) is 1.87. The van der Waals surface area contributed by atoms with Crippen LogP contribution < -0.4 is 11.1 Å². The number of nitrogen functional groups attached to an aromatic ring is 1. The minimum atomic E-state index is -0.154. The molecule has 0 bridgehead atoms. The van der Waals surface area contributed by atoms with Gasteiger partial charge in [0.2, 0.25) is 5.91 Å². The molecule has 0 radical (unpaired) electrons. The quantitative estimate of drug-likeness (QED) is 0.715. The van der Waals surface area contributed by atoms with E-state index >= 15 is 0 Å². The minimum absolute atomic E-state index is 0.154. The molecule has 2 rings (SSSR count). The Morgan fingerprint density at radius 2 is 2.53 bits per heavy atom. The normalized spacial score (nSPS) is 10.8. The van der Waals surface area contributed by atoms with Gasteiger partial charge in [0, 0.05) is 23.1 Å². The number of nitrogens with one attached hydrogen (secondary N) is 2. The summed E-state index contributed by atoms with van der Waals surface area (Å²) in [7, 11) is 0. The van der Waals surface area contributed by atoms with E-state index in [-0.39, 0.29) is 5.91 Å². The molecule has 6 heteroatoms. The first-order valence-corrected chi connectivity index (χ1v) is 5.91. The summed E-state index contributed by atoms with van der Waals surface area (Å²) in [4.78, 5) is 12.5. The van der Waals surface area contributed by atoms with Crippen molar-refractivity contribution in [2.24, 2.45) is 0 Å². The fourth-order valence-electron chi connectivity index (χ4n) is 1.25. The number of nitrogens with zero attached hydrogens (tertiary/aromatic N) is 1. The van der Waals surface area contributed by atoms with Crippen LogP contribution in [0.4, 0.5) is 5.82 Å². The molecule has 2 aromatic rings. The van der Waals surface area contributed by atoms with Gasteiger partial charge in [-0.2, -0.15) is 5.10 Å². The monoisotopic (exact) mass is 248 g/mol. The maximum Gasteiger partial charge on any atom is 0.244 e. The van der Waals surface area contributed by atoms with Crippen LogP contribution in [0.15, 0.2) is 29.8 Å². The van der Waals surface area contributed by atoms with E-state index in [0.717, 1.165) is 10.4 Å². The maximum atomic E-state index is 11.5. The van der Waals surface area contributed by atoms with Crippen LogP contribution in [-0.2, 0) is 11.3 Å². The molecule has 0 spiro atoms. The first-order valence-electron chi connectivity index (χ1n) is 5.03. The molecule has 4 N–H and O–H groups in total. The van der Waals surface area contributed by atoms with Crippen LogP contribution in [0.1, 0.15) is 10.4 Å². The number of anilines is 1. The SMILES string of the molecule is Nc1[nH]ncc1CNC(=O)C=Cc1cccs1. The third-order valence-electron chi connectivity index (χ3n) is 2.15. The number of H-pyrrole nitrogens is 1. The summed E-state index contributed by atoms with van der Waals surface area (Å²) < 4.78 is 0. The molecule has 0 unspecified atom stereocenters. The summed E-state index contributed by atoms with van der Waals surface area (Å²) in [5.41, 5.74) is 6.37. The van der Waals surface area contributed by atoms with Crippen molar-refractivity contribution in [3.05, 3.63) is 40.2 Å². The second-order valence-corrected chi connectivity index (χ2v) is 4.35. The lowest BCUT2D eigenvalue weighted by Crippen LogP contribution is -2.20. The highest BCUT2D eigenvalue weighted by Gasteiger charge is 2.02. The molecule has 0 aliphatic rings. The van der Waals surface area contributed by atoms with Crippen LogP contribution in [0.2, 0.25) is 0 Å². The van der Waals surface area contributed by atoms with Crippen molar-refractivity contribution in [2.75, 3.05) is 5.73 Å². The maximum absolute atomic E-state index is 11.5. The summed E-state index contributed by atoms with van der Waals surface area (Å²) >= 11 is 1.58. The van der Waals surface area contributed by atoms with Gasteiger partial charge in [0.05, 0.1) is 6.20 Å². The number of amides is 1. The number of thiophene rings is 1. The highest BCUT2D eigenvalue weighted by Crippen LogP contribution is 2.10. The van der Waals surface area contributed by atoms with Gasteiger partial charge < -0.3 is 11.1 Å². The molecule has 0 aromatic carbocycles. The molecule has 0 aliphatic heterocycles. The number of aromatic amines is 1. The number of hydrogen-bond acceptors (Lipinski definition) is 4.